The molecular formula is C15H11F3N4O. The van der Waals surface area contributed by atoms with Gasteiger partial charge in [0.2, 0.25) is 0 Å². The molecular weight excluding hydrogens is 309 g/mol. The molecule has 0 bridgehead atoms. The summed E-state index contributed by atoms with van der Waals surface area (Å²) >= 11 is 0. The number of carbonyl (C=O) groups excluding carboxylic acids is 1. The monoisotopic (exact) mass is 320 g/mol. The second kappa shape index (κ2) is 5.12. The van der Waals surface area contributed by atoms with Crippen molar-refractivity contribution in [2.24, 2.45) is 5.92 Å². The van der Waals surface area contributed by atoms with E-state index in [1.807, 2.05) is 6.07 Å². The zero-order valence-corrected chi connectivity index (χ0v) is 11.7. The number of nitriles is 1. The molecule has 0 aliphatic heterocycles. The van der Waals surface area contributed by atoms with Gasteiger partial charge < -0.3 is 5.73 Å². The summed E-state index contributed by atoms with van der Waals surface area (Å²) in [6.07, 6.45) is -2.80. The Morgan fingerprint density at radius 1 is 1.43 bits per heavy atom. The molecule has 0 saturated heterocycles. The van der Waals surface area contributed by atoms with Crippen molar-refractivity contribution >= 4 is 11.7 Å². The molecule has 1 saturated carbocycles. The summed E-state index contributed by atoms with van der Waals surface area (Å²) in [6.45, 7) is 0. The Morgan fingerprint density at radius 3 is 2.78 bits per heavy atom. The number of nitrogen functional groups attached to an aromatic ring is 1. The SMILES string of the molecule is N#Cc1cnn(C(=O)C2CC2c2cccc(C(F)(F)F)c2)c1N. The summed E-state index contributed by atoms with van der Waals surface area (Å²) < 4.78 is 39.2. The number of anilines is 1. The number of benzene rings is 1. The third-order valence-electron chi connectivity index (χ3n) is 3.89. The third-order valence-corrected chi connectivity index (χ3v) is 3.89. The Hall–Kier alpha value is -2.82. The summed E-state index contributed by atoms with van der Waals surface area (Å²) in [5.41, 5.74) is 5.47. The minimum Gasteiger partial charge on any atom is -0.382 e. The fraction of sp³-hybridized carbons (Fsp3) is 0.267. The first-order valence-corrected chi connectivity index (χ1v) is 6.78. The Labute approximate surface area is 129 Å². The molecule has 1 aromatic heterocycles. The maximum Gasteiger partial charge on any atom is 0.416 e. The Balaban J connectivity index is 1.81. The highest BCUT2D eigenvalue weighted by atomic mass is 19.4. The average molecular weight is 320 g/mol. The predicted molar refractivity (Wildman–Crippen MR) is 74.3 cm³/mol. The van der Waals surface area contributed by atoms with Crippen molar-refractivity contribution in [1.29, 1.82) is 5.26 Å². The van der Waals surface area contributed by atoms with Crippen LogP contribution in [0.1, 0.15) is 33.8 Å². The molecule has 3 rings (SSSR count). The van der Waals surface area contributed by atoms with Crippen LogP contribution in [0.5, 0.6) is 0 Å². The largest absolute Gasteiger partial charge is 0.416 e. The van der Waals surface area contributed by atoms with Crippen molar-refractivity contribution in [3.63, 3.8) is 0 Å². The summed E-state index contributed by atoms with van der Waals surface area (Å²) in [5.74, 6) is -1.23. The Bertz CT molecular complexity index is 819. The maximum absolute atomic E-state index is 12.7. The first-order chi connectivity index (χ1) is 10.8. The van der Waals surface area contributed by atoms with Crippen molar-refractivity contribution in [2.45, 2.75) is 18.5 Å². The number of alkyl halides is 3. The second-order valence-corrected chi connectivity index (χ2v) is 5.38. The van der Waals surface area contributed by atoms with Gasteiger partial charge in [-0.1, -0.05) is 18.2 Å². The summed E-state index contributed by atoms with van der Waals surface area (Å²) in [5, 5.41) is 12.6. The smallest absolute Gasteiger partial charge is 0.382 e. The van der Waals surface area contributed by atoms with Crippen LogP contribution in [0.2, 0.25) is 0 Å². The van der Waals surface area contributed by atoms with E-state index in [4.69, 9.17) is 11.0 Å². The number of nitrogens with zero attached hydrogens (tertiary/aromatic N) is 3. The van der Waals surface area contributed by atoms with Crippen LogP contribution in [0.3, 0.4) is 0 Å². The summed E-state index contributed by atoms with van der Waals surface area (Å²) in [7, 11) is 0. The van der Waals surface area contributed by atoms with Gasteiger partial charge >= 0.3 is 6.18 Å². The third kappa shape index (κ3) is 2.65. The van der Waals surface area contributed by atoms with E-state index < -0.39 is 23.6 Å². The molecule has 2 unspecified atom stereocenters. The Morgan fingerprint density at radius 2 is 2.17 bits per heavy atom. The zero-order chi connectivity index (χ0) is 16.8. The molecule has 23 heavy (non-hydrogen) atoms. The lowest BCUT2D eigenvalue weighted by molar-refractivity contribution is -0.137. The molecule has 2 aromatic rings. The maximum atomic E-state index is 12.7. The minimum absolute atomic E-state index is 0.0489. The first-order valence-electron chi connectivity index (χ1n) is 6.78. The van der Waals surface area contributed by atoms with Crippen LogP contribution >= 0.6 is 0 Å². The lowest BCUT2D eigenvalue weighted by Gasteiger charge is -2.08. The van der Waals surface area contributed by atoms with E-state index in [1.54, 1.807) is 6.07 Å². The molecule has 118 valence electrons. The predicted octanol–water partition coefficient (Wildman–Crippen LogP) is 2.80. The fourth-order valence-corrected chi connectivity index (χ4v) is 2.56. The standard InChI is InChI=1S/C15H11F3N4O/c16-15(17,18)10-3-1-2-8(4-10)11-5-12(11)14(23)22-13(20)9(6-19)7-21-22/h1-4,7,11-12H,5,20H2. The highest BCUT2D eigenvalue weighted by Crippen LogP contribution is 2.49. The number of hydrogen-bond donors (Lipinski definition) is 1. The number of rotatable bonds is 2. The second-order valence-electron chi connectivity index (χ2n) is 5.38. The number of hydrogen-bond acceptors (Lipinski definition) is 4. The number of halogens is 3. The van der Waals surface area contributed by atoms with Crippen LogP contribution in [0, 0.1) is 17.2 Å². The molecule has 1 heterocycles. The van der Waals surface area contributed by atoms with E-state index in [1.165, 1.54) is 12.3 Å². The van der Waals surface area contributed by atoms with Crippen molar-refractivity contribution < 1.29 is 18.0 Å². The van der Waals surface area contributed by atoms with Crippen LogP contribution in [-0.2, 0) is 6.18 Å². The van der Waals surface area contributed by atoms with Gasteiger partial charge in [0, 0.05) is 5.92 Å². The molecule has 1 fully saturated rings. The highest BCUT2D eigenvalue weighted by Gasteiger charge is 2.46. The van der Waals surface area contributed by atoms with Crippen LogP contribution in [0.4, 0.5) is 19.0 Å². The molecule has 1 aliphatic rings. The van der Waals surface area contributed by atoms with Crippen LogP contribution in [-0.4, -0.2) is 15.7 Å². The van der Waals surface area contributed by atoms with Crippen LogP contribution in [0.25, 0.3) is 0 Å². The van der Waals surface area contributed by atoms with Crippen LogP contribution in [0.15, 0.2) is 30.5 Å². The fourth-order valence-electron chi connectivity index (χ4n) is 2.56. The van der Waals surface area contributed by atoms with E-state index in [2.05, 4.69) is 5.10 Å². The number of carbonyl (C=O) groups is 1. The van der Waals surface area contributed by atoms with Gasteiger partial charge in [-0.05, 0) is 24.0 Å². The van der Waals surface area contributed by atoms with Gasteiger partial charge in [0.25, 0.3) is 5.91 Å². The normalized spacial score (nSPS) is 20.1. The lowest BCUT2D eigenvalue weighted by atomic mass is 10.1. The molecule has 0 spiro atoms. The summed E-state index contributed by atoms with van der Waals surface area (Å²) in [4.78, 5) is 12.3. The first kappa shape index (κ1) is 15.1. The molecule has 5 nitrogen and oxygen atoms in total. The zero-order valence-electron chi connectivity index (χ0n) is 11.7. The van der Waals surface area contributed by atoms with Gasteiger partial charge in [-0.2, -0.15) is 28.2 Å². The van der Waals surface area contributed by atoms with Gasteiger partial charge in [0.05, 0.1) is 11.8 Å². The number of aromatic nitrogens is 2. The lowest BCUT2D eigenvalue weighted by Crippen LogP contribution is -2.17. The molecule has 2 N–H and O–H groups in total. The molecule has 1 aromatic carbocycles. The Kier molecular flexibility index (Phi) is 3.36. The van der Waals surface area contributed by atoms with E-state index in [0.29, 0.717) is 12.0 Å². The van der Waals surface area contributed by atoms with Gasteiger partial charge in [0.1, 0.15) is 17.5 Å². The van der Waals surface area contributed by atoms with E-state index >= 15 is 0 Å². The molecule has 8 heteroatoms. The van der Waals surface area contributed by atoms with Gasteiger partial charge in [-0.3, -0.25) is 4.79 Å². The topological polar surface area (TPSA) is 84.7 Å². The molecule has 0 amide bonds. The minimum atomic E-state index is -4.42. The van der Waals surface area contributed by atoms with Crippen molar-refractivity contribution in [2.75, 3.05) is 5.73 Å². The van der Waals surface area contributed by atoms with E-state index in [-0.39, 0.29) is 17.3 Å². The average Bonchev–Trinajstić information content (AvgIpc) is 3.23. The van der Waals surface area contributed by atoms with Gasteiger partial charge in [-0.15, -0.1) is 0 Å². The highest BCUT2D eigenvalue weighted by molar-refractivity contribution is 5.87. The summed E-state index contributed by atoms with van der Waals surface area (Å²) in [6, 6.07) is 6.76. The number of nitrogens with two attached hydrogens (primary N) is 1. The van der Waals surface area contributed by atoms with Crippen LogP contribution < -0.4 is 5.73 Å². The van der Waals surface area contributed by atoms with Crippen molar-refractivity contribution in [1.82, 2.24) is 9.78 Å². The van der Waals surface area contributed by atoms with E-state index in [0.717, 1.165) is 16.8 Å². The quantitative estimate of drug-likeness (QED) is 0.922. The molecule has 2 atom stereocenters. The van der Waals surface area contributed by atoms with Gasteiger partial charge in [0.15, 0.2) is 0 Å². The molecule has 1 aliphatic carbocycles. The van der Waals surface area contributed by atoms with Gasteiger partial charge in [-0.25, -0.2) is 0 Å². The van der Waals surface area contributed by atoms with Crippen molar-refractivity contribution in [3.05, 3.63) is 47.2 Å². The van der Waals surface area contributed by atoms with E-state index in [9.17, 15) is 18.0 Å². The molecule has 0 radical (unpaired) electrons. The van der Waals surface area contributed by atoms with Crippen molar-refractivity contribution in [3.8, 4) is 6.07 Å².